The minimum atomic E-state index is -1.19. The Labute approximate surface area is 274 Å². The van der Waals surface area contributed by atoms with E-state index in [1.807, 2.05) is 0 Å². The van der Waals surface area contributed by atoms with Crippen LogP contribution >= 0.6 is 0 Å². The Morgan fingerprint density at radius 1 is 0.532 bits per heavy atom. The summed E-state index contributed by atoms with van der Waals surface area (Å²) in [5, 5.41) is 75.3. The summed E-state index contributed by atoms with van der Waals surface area (Å²) in [7, 11) is 4.35. The number of carbonyl (C=O) groups is 1. The number of carbonyl (C=O) groups excluding carboxylic acids is 1. The topological polar surface area (TPSA) is 245 Å². The molecule has 0 aromatic heterocycles. The first-order valence-electron chi connectivity index (χ1n) is 16.0. The van der Waals surface area contributed by atoms with E-state index in [1.165, 1.54) is 28.3 Å². The molecule has 17 nitrogen and oxygen atoms in total. The summed E-state index contributed by atoms with van der Waals surface area (Å²) in [6.45, 7) is -1.70. The Bertz CT molecular complexity index is 904. The zero-order chi connectivity index (χ0) is 34.7. The maximum Gasteiger partial charge on any atom is 0.218 e. The average molecular weight is 686 g/mol. The molecule has 0 aliphatic carbocycles. The highest BCUT2D eigenvalue weighted by molar-refractivity contribution is 5.73. The van der Waals surface area contributed by atoms with E-state index in [1.54, 1.807) is 0 Å². The highest BCUT2D eigenvalue weighted by atomic mass is 16.7. The second-order valence-corrected chi connectivity index (χ2v) is 12.4. The molecule has 0 saturated carbocycles. The molecule has 47 heavy (non-hydrogen) atoms. The van der Waals surface area contributed by atoms with Crippen LogP contribution in [0.2, 0.25) is 0 Å². The lowest BCUT2D eigenvalue weighted by molar-refractivity contribution is -0.358. The smallest absolute Gasteiger partial charge is 0.218 e. The number of nitrogens with one attached hydrogen (secondary N) is 1. The standard InChI is InChI=1S/C30H55NO16/c1-15(39)31-28-20(9-36)18(7-34)26(24(43-28)13-41-3)46-30-22(11-38)19(8-35)27(25(45-30)14-42-4)47-29-21(10-37)16(5-32)17(6-33)23(44-29)12-40-2/h16-30,32-38H,5-14H2,1-4H3,(H,31,39)/t16-,17+,18+,19+,20?,21?,22?,23?,24?,25?,26+,27+,28+,29-,30-/m0/s1. The van der Waals surface area contributed by atoms with E-state index in [0.29, 0.717) is 0 Å². The predicted octanol–water partition coefficient (Wildman–Crippen LogP) is -3.73. The van der Waals surface area contributed by atoms with E-state index in [0.717, 1.165) is 0 Å². The molecule has 276 valence electrons. The van der Waals surface area contributed by atoms with Gasteiger partial charge in [0.1, 0.15) is 18.4 Å². The van der Waals surface area contributed by atoms with Gasteiger partial charge in [-0.15, -0.1) is 0 Å². The van der Waals surface area contributed by atoms with Crippen molar-refractivity contribution in [3.63, 3.8) is 0 Å². The Balaban J connectivity index is 1.93. The van der Waals surface area contributed by atoms with Gasteiger partial charge in [-0.05, 0) is 5.92 Å². The second-order valence-electron chi connectivity index (χ2n) is 12.4. The number of hydrogen-bond donors (Lipinski definition) is 8. The fraction of sp³-hybridized carbons (Fsp3) is 0.967. The van der Waals surface area contributed by atoms with Crippen molar-refractivity contribution < 1.29 is 78.4 Å². The van der Waals surface area contributed by atoms with Crippen LogP contribution in [0.3, 0.4) is 0 Å². The van der Waals surface area contributed by atoms with Crippen LogP contribution in [-0.4, -0.2) is 178 Å². The Hall–Kier alpha value is -1.13. The molecule has 15 atom stereocenters. The lowest BCUT2D eigenvalue weighted by atomic mass is 9.76. The van der Waals surface area contributed by atoms with E-state index in [-0.39, 0.29) is 33.0 Å². The van der Waals surface area contributed by atoms with Crippen LogP contribution in [0.25, 0.3) is 0 Å². The van der Waals surface area contributed by atoms with Gasteiger partial charge in [0.05, 0.1) is 58.0 Å². The molecule has 1 amide bonds. The van der Waals surface area contributed by atoms with E-state index in [2.05, 4.69) is 5.32 Å². The van der Waals surface area contributed by atoms with Gasteiger partial charge in [0.15, 0.2) is 12.6 Å². The monoisotopic (exact) mass is 685 g/mol. The van der Waals surface area contributed by atoms with Crippen molar-refractivity contribution in [3.8, 4) is 0 Å². The van der Waals surface area contributed by atoms with Crippen LogP contribution in [0.5, 0.6) is 0 Å². The lowest BCUT2D eigenvalue weighted by Gasteiger charge is -2.52. The minimum Gasteiger partial charge on any atom is -0.396 e. The van der Waals surface area contributed by atoms with Crippen LogP contribution < -0.4 is 5.32 Å². The molecule has 17 heteroatoms. The number of rotatable bonds is 18. The summed E-state index contributed by atoms with van der Waals surface area (Å²) in [5.41, 5.74) is 0. The number of hydrogen-bond acceptors (Lipinski definition) is 16. The molecule has 0 spiro atoms. The molecular weight excluding hydrogens is 630 g/mol. The van der Waals surface area contributed by atoms with Gasteiger partial charge in [0.25, 0.3) is 0 Å². The third-order valence-electron chi connectivity index (χ3n) is 9.68. The molecular formula is C30H55NO16. The summed E-state index contributed by atoms with van der Waals surface area (Å²) < 4.78 is 47.6. The van der Waals surface area contributed by atoms with Crippen molar-refractivity contribution in [1.82, 2.24) is 5.32 Å². The summed E-state index contributed by atoms with van der Waals surface area (Å²) in [4.78, 5) is 11.9. The summed E-state index contributed by atoms with van der Waals surface area (Å²) in [6.07, 6.45) is -7.59. The molecule has 3 fully saturated rings. The van der Waals surface area contributed by atoms with Gasteiger partial charge in [0, 0.05) is 90.2 Å². The van der Waals surface area contributed by atoms with E-state index in [4.69, 9.17) is 37.9 Å². The Kier molecular flexibility index (Phi) is 17.1. The molecule has 0 aromatic carbocycles. The normalized spacial score (nSPS) is 41.1. The molecule has 0 aromatic rings. The maximum absolute atomic E-state index is 11.9. The summed E-state index contributed by atoms with van der Waals surface area (Å²) in [5.74, 6) is -5.56. The number of ether oxygens (including phenoxy) is 8. The second kappa shape index (κ2) is 19.9. The van der Waals surface area contributed by atoms with Crippen LogP contribution in [0.15, 0.2) is 0 Å². The third kappa shape index (κ3) is 9.36. The number of methoxy groups -OCH3 is 3. The summed E-state index contributed by atoms with van der Waals surface area (Å²) >= 11 is 0. The molecule has 0 radical (unpaired) electrons. The molecule has 3 aliphatic rings. The van der Waals surface area contributed by atoms with Gasteiger partial charge >= 0.3 is 0 Å². The molecule has 6 unspecified atom stereocenters. The Morgan fingerprint density at radius 3 is 1.34 bits per heavy atom. The third-order valence-corrected chi connectivity index (χ3v) is 9.68. The van der Waals surface area contributed by atoms with Crippen molar-refractivity contribution in [2.24, 2.45) is 41.4 Å². The summed E-state index contributed by atoms with van der Waals surface area (Å²) in [6, 6.07) is 0. The molecule has 3 saturated heterocycles. The highest BCUT2D eigenvalue weighted by Crippen LogP contribution is 2.42. The zero-order valence-corrected chi connectivity index (χ0v) is 27.5. The van der Waals surface area contributed by atoms with E-state index < -0.39 is 130 Å². The first-order chi connectivity index (χ1) is 22.7. The molecule has 3 rings (SSSR count). The van der Waals surface area contributed by atoms with Crippen LogP contribution in [-0.2, 0) is 42.7 Å². The van der Waals surface area contributed by atoms with E-state index >= 15 is 0 Å². The van der Waals surface area contributed by atoms with Crippen LogP contribution in [0.1, 0.15) is 6.92 Å². The van der Waals surface area contributed by atoms with Crippen LogP contribution in [0.4, 0.5) is 0 Å². The van der Waals surface area contributed by atoms with Gasteiger partial charge in [-0.25, -0.2) is 0 Å². The maximum atomic E-state index is 11.9. The Morgan fingerprint density at radius 2 is 0.915 bits per heavy atom. The zero-order valence-electron chi connectivity index (χ0n) is 27.5. The molecule has 8 N–H and O–H groups in total. The lowest BCUT2D eigenvalue weighted by Crippen LogP contribution is -2.64. The van der Waals surface area contributed by atoms with Gasteiger partial charge in [0.2, 0.25) is 5.91 Å². The van der Waals surface area contributed by atoms with Crippen molar-refractivity contribution in [1.29, 1.82) is 0 Å². The SMILES string of the molecule is COCC1O[C@@H](O[C@H]2C(COC)O[C@@H](O[C@H]3C(COC)O[C@@H](NC(C)=O)C(CO)[C@H]3CO)C(CO)[C@H]2CO)C(CO)[C@@H](CO)[C@H]1CO. The molecule has 0 bridgehead atoms. The highest BCUT2D eigenvalue weighted by Gasteiger charge is 2.54. The first kappa shape index (κ1) is 40.3. The van der Waals surface area contributed by atoms with Gasteiger partial charge < -0.3 is 79.0 Å². The first-order valence-corrected chi connectivity index (χ1v) is 16.0. The van der Waals surface area contributed by atoms with Crippen molar-refractivity contribution in [2.75, 3.05) is 87.4 Å². The van der Waals surface area contributed by atoms with Crippen LogP contribution in [0, 0.1) is 41.4 Å². The fourth-order valence-electron chi connectivity index (χ4n) is 7.25. The largest absolute Gasteiger partial charge is 0.396 e. The van der Waals surface area contributed by atoms with Crippen molar-refractivity contribution >= 4 is 5.91 Å². The number of amides is 1. The van der Waals surface area contributed by atoms with Gasteiger partial charge in [-0.1, -0.05) is 0 Å². The van der Waals surface area contributed by atoms with Crippen molar-refractivity contribution in [3.05, 3.63) is 0 Å². The average Bonchev–Trinajstić information content (AvgIpc) is 3.05. The quantitative estimate of drug-likeness (QED) is 0.0691. The van der Waals surface area contributed by atoms with Crippen molar-refractivity contribution in [2.45, 2.75) is 56.3 Å². The minimum absolute atomic E-state index is 0.00631. The number of aliphatic hydroxyl groups excluding tert-OH is 7. The fourth-order valence-corrected chi connectivity index (χ4v) is 7.25. The van der Waals surface area contributed by atoms with Gasteiger partial charge in [-0.3, -0.25) is 4.79 Å². The van der Waals surface area contributed by atoms with Gasteiger partial charge in [-0.2, -0.15) is 0 Å². The molecule has 3 heterocycles. The predicted molar refractivity (Wildman–Crippen MR) is 159 cm³/mol. The molecule has 3 aliphatic heterocycles. The number of aliphatic hydroxyl groups is 7. The van der Waals surface area contributed by atoms with E-state index in [9.17, 15) is 40.5 Å².